The first kappa shape index (κ1) is 15.2. The van der Waals surface area contributed by atoms with Crippen LogP contribution in [-0.4, -0.2) is 37.6 Å². The second-order valence-electron chi connectivity index (χ2n) is 5.16. The SMILES string of the molecule is Cl.NC1CCCN(S(=O)(=O)CCC2CCC2)C1. The Labute approximate surface area is 110 Å². The van der Waals surface area contributed by atoms with Crippen LogP contribution in [0.5, 0.6) is 0 Å². The predicted molar refractivity (Wildman–Crippen MR) is 71.8 cm³/mol. The van der Waals surface area contributed by atoms with Gasteiger partial charge in [0, 0.05) is 19.1 Å². The van der Waals surface area contributed by atoms with Gasteiger partial charge in [-0.25, -0.2) is 12.7 Å². The standard InChI is InChI=1S/C11H22N2O2S.ClH/c12-11-5-2-7-13(9-11)16(14,15)8-6-10-3-1-4-10;/h10-11H,1-9,12H2;1H. The van der Waals surface area contributed by atoms with E-state index in [1.165, 1.54) is 19.3 Å². The van der Waals surface area contributed by atoms with Gasteiger partial charge in [-0.3, -0.25) is 0 Å². The fraction of sp³-hybridized carbons (Fsp3) is 1.00. The molecule has 1 atom stereocenters. The molecule has 2 aliphatic rings. The normalized spacial score (nSPS) is 27.2. The Morgan fingerprint density at radius 3 is 2.41 bits per heavy atom. The molecule has 1 saturated heterocycles. The quantitative estimate of drug-likeness (QED) is 0.847. The molecule has 0 aromatic carbocycles. The second kappa shape index (κ2) is 6.36. The van der Waals surface area contributed by atoms with Gasteiger partial charge in [0.2, 0.25) is 10.0 Å². The van der Waals surface area contributed by atoms with Gasteiger partial charge in [0.15, 0.2) is 0 Å². The summed E-state index contributed by atoms with van der Waals surface area (Å²) < 4.78 is 25.7. The van der Waals surface area contributed by atoms with Crippen molar-refractivity contribution in [2.24, 2.45) is 11.7 Å². The van der Waals surface area contributed by atoms with E-state index in [1.807, 2.05) is 0 Å². The van der Waals surface area contributed by atoms with Crippen LogP contribution in [0, 0.1) is 5.92 Å². The van der Waals surface area contributed by atoms with Crippen LogP contribution in [0.2, 0.25) is 0 Å². The number of rotatable bonds is 4. The van der Waals surface area contributed by atoms with Crippen LogP contribution in [0.3, 0.4) is 0 Å². The van der Waals surface area contributed by atoms with E-state index in [1.54, 1.807) is 4.31 Å². The molecule has 1 unspecified atom stereocenters. The van der Waals surface area contributed by atoms with Crippen molar-refractivity contribution in [2.45, 2.75) is 44.6 Å². The van der Waals surface area contributed by atoms with Crippen LogP contribution in [0.15, 0.2) is 0 Å². The minimum Gasteiger partial charge on any atom is -0.327 e. The molecule has 1 aliphatic heterocycles. The summed E-state index contributed by atoms with van der Waals surface area (Å²) in [6, 6.07) is 0.0345. The molecular formula is C11H23ClN2O2S. The van der Waals surface area contributed by atoms with Crippen molar-refractivity contribution in [2.75, 3.05) is 18.8 Å². The molecule has 0 bridgehead atoms. The molecule has 4 nitrogen and oxygen atoms in total. The van der Waals surface area contributed by atoms with Crippen LogP contribution in [-0.2, 0) is 10.0 Å². The van der Waals surface area contributed by atoms with Crippen molar-refractivity contribution >= 4 is 22.4 Å². The zero-order valence-electron chi connectivity index (χ0n) is 10.2. The Kier molecular flexibility index (Phi) is 5.70. The molecule has 2 N–H and O–H groups in total. The highest BCUT2D eigenvalue weighted by Gasteiger charge is 2.28. The molecule has 1 heterocycles. The summed E-state index contributed by atoms with van der Waals surface area (Å²) in [7, 11) is -3.03. The summed E-state index contributed by atoms with van der Waals surface area (Å²) in [4.78, 5) is 0. The number of nitrogens with two attached hydrogens (primary N) is 1. The minimum atomic E-state index is -3.03. The summed E-state index contributed by atoms with van der Waals surface area (Å²) >= 11 is 0. The van der Waals surface area contributed by atoms with E-state index < -0.39 is 10.0 Å². The van der Waals surface area contributed by atoms with E-state index >= 15 is 0 Å². The maximum Gasteiger partial charge on any atom is 0.214 e. The van der Waals surface area contributed by atoms with Gasteiger partial charge in [-0.1, -0.05) is 19.3 Å². The number of halogens is 1. The molecule has 6 heteroatoms. The summed E-state index contributed by atoms with van der Waals surface area (Å²) in [6.07, 6.45) is 6.41. The van der Waals surface area contributed by atoms with Gasteiger partial charge < -0.3 is 5.73 Å². The van der Waals surface area contributed by atoms with Crippen LogP contribution < -0.4 is 5.73 Å². The van der Waals surface area contributed by atoms with E-state index in [0.717, 1.165) is 19.3 Å². The molecule has 17 heavy (non-hydrogen) atoms. The van der Waals surface area contributed by atoms with Crippen LogP contribution in [0.1, 0.15) is 38.5 Å². The molecule has 0 radical (unpaired) electrons. The fourth-order valence-electron chi connectivity index (χ4n) is 2.45. The van der Waals surface area contributed by atoms with Gasteiger partial charge in [-0.2, -0.15) is 0 Å². The van der Waals surface area contributed by atoms with Crippen LogP contribution >= 0.6 is 12.4 Å². The minimum absolute atomic E-state index is 0. The van der Waals surface area contributed by atoms with Crippen molar-refractivity contribution in [3.05, 3.63) is 0 Å². The molecule has 0 aromatic rings. The lowest BCUT2D eigenvalue weighted by Gasteiger charge is -2.31. The van der Waals surface area contributed by atoms with Crippen LogP contribution in [0.25, 0.3) is 0 Å². The molecule has 102 valence electrons. The summed E-state index contributed by atoms with van der Waals surface area (Å²) in [5.74, 6) is 0.984. The molecule has 0 amide bonds. The summed E-state index contributed by atoms with van der Waals surface area (Å²) in [5, 5.41) is 0. The topological polar surface area (TPSA) is 63.4 Å². The van der Waals surface area contributed by atoms with Gasteiger partial charge in [-0.15, -0.1) is 12.4 Å². The maximum atomic E-state index is 12.0. The lowest BCUT2D eigenvalue weighted by molar-refractivity contribution is 0.295. The van der Waals surface area contributed by atoms with Crippen molar-refractivity contribution in [3.8, 4) is 0 Å². The lowest BCUT2D eigenvalue weighted by atomic mass is 9.84. The Morgan fingerprint density at radius 1 is 1.18 bits per heavy atom. The second-order valence-corrected chi connectivity index (χ2v) is 7.25. The molecule has 1 aliphatic carbocycles. The number of nitrogens with zero attached hydrogens (tertiary/aromatic N) is 1. The van der Waals surface area contributed by atoms with Gasteiger partial charge in [-0.05, 0) is 25.2 Å². The molecular weight excluding hydrogens is 260 g/mol. The predicted octanol–water partition coefficient (Wildman–Crippen LogP) is 1.35. The Hall–Kier alpha value is 0.160. The number of hydrogen-bond donors (Lipinski definition) is 1. The average molecular weight is 283 g/mol. The first-order chi connectivity index (χ1) is 7.58. The maximum absolute atomic E-state index is 12.0. The van der Waals surface area contributed by atoms with E-state index in [-0.39, 0.29) is 18.4 Å². The fourth-order valence-corrected chi connectivity index (χ4v) is 4.17. The zero-order valence-corrected chi connectivity index (χ0v) is 11.8. The van der Waals surface area contributed by atoms with Crippen molar-refractivity contribution in [3.63, 3.8) is 0 Å². The average Bonchev–Trinajstić information content (AvgIpc) is 2.15. The highest BCUT2D eigenvalue weighted by atomic mass is 35.5. The van der Waals surface area contributed by atoms with Crippen molar-refractivity contribution in [1.29, 1.82) is 0 Å². The highest BCUT2D eigenvalue weighted by Crippen LogP contribution is 2.30. The molecule has 1 saturated carbocycles. The van der Waals surface area contributed by atoms with Gasteiger partial charge in [0.05, 0.1) is 5.75 Å². The molecule has 0 aromatic heterocycles. The smallest absolute Gasteiger partial charge is 0.214 e. The van der Waals surface area contributed by atoms with E-state index in [0.29, 0.717) is 24.8 Å². The number of hydrogen-bond acceptors (Lipinski definition) is 3. The largest absolute Gasteiger partial charge is 0.327 e. The molecule has 2 rings (SSSR count). The third kappa shape index (κ3) is 4.09. The number of sulfonamides is 1. The van der Waals surface area contributed by atoms with Crippen LogP contribution in [0.4, 0.5) is 0 Å². The number of piperidine rings is 1. The lowest BCUT2D eigenvalue weighted by Crippen LogP contribution is -2.46. The van der Waals surface area contributed by atoms with Gasteiger partial charge in [0.1, 0.15) is 0 Å². The summed E-state index contributed by atoms with van der Waals surface area (Å²) in [6.45, 7) is 1.19. The third-order valence-corrected chi connectivity index (χ3v) is 5.69. The van der Waals surface area contributed by atoms with Gasteiger partial charge in [0.25, 0.3) is 0 Å². The highest BCUT2D eigenvalue weighted by molar-refractivity contribution is 7.89. The Balaban J connectivity index is 0.00000144. The van der Waals surface area contributed by atoms with E-state index in [4.69, 9.17) is 5.73 Å². The zero-order chi connectivity index (χ0) is 11.6. The third-order valence-electron chi connectivity index (χ3n) is 3.82. The van der Waals surface area contributed by atoms with Crippen molar-refractivity contribution in [1.82, 2.24) is 4.31 Å². The van der Waals surface area contributed by atoms with Crippen molar-refractivity contribution < 1.29 is 8.42 Å². The first-order valence-corrected chi connectivity index (χ1v) is 7.92. The Bertz CT molecular complexity index is 330. The van der Waals surface area contributed by atoms with E-state index in [9.17, 15) is 8.42 Å². The van der Waals surface area contributed by atoms with Gasteiger partial charge >= 0.3 is 0 Å². The molecule has 2 fully saturated rings. The Morgan fingerprint density at radius 2 is 1.88 bits per heavy atom. The molecule has 0 spiro atoms. The van der Waals surface area contributed by atoms with E-state index in [2.05, 4.69) is 0 Å². The first-order valence-electron chi connectivity index (χ1n) is 6.31. The monoisotopic (exact) mass is 282 g/mol. The summed E-state index contributed by atoms with van der Waals surface area (Å²) in [5.41, 5.74) is 5.81.